The van der Waals surface area contributed by atoms with Crippen molar-refractivity contribution in [3.05, 3.63) is 120 Å². The maximum absolute atomic E-state index is 12.1. The molecule has 0 spiro atoms. The SMILES string of the molecule is CC/C=C\C/C=C\C/C=C\C/C=C\C/C=C\CCCCCCCCCC(=O)OC/C=C(C)/C=C/C=C(C)/C=C/C1=C(C)CCCC1(C)C. The molecule has 0 radical (unpaired) electrons. The second-order valence-electron chi connectivity index (χ2n) is 13.9. The molecular formula is C46H70O2. The minimum atomic E-state index is -0.0868. The maximum Gasteiger partial charge on any atom is 0.306 e. The molecule has 0 fully saturated rings. The first kappa shape index (κ1) is 42.9. The van der Waals surface area contributed by atoms with Crippen LogP contribution in [0.5, 0.6) is 0 Å². The lowest BCUT2D eigenvalue weighted by molar-refractivity contribution is -0.142. The van der Waals surface area contributed by atoms with Gasteiger partial charge in [0, 0.05) is 6.42 Å². The summed E-state index contributed by atoms with van der Waals surface area (Å²) in [4.78, 5) is 12.1. The third kappa shape index (κ3) is 24.1. The molecular weight excluding hydrogens is 585 g/mol. The Morgan fingerprint density at radius 1 is 0.729 bits per heavy atom. The Bertz CT molecular complexity index is 1170. The van der Waals surface area contributed by atoms with E-state index in [1.54, 1.807) is 0 Å². The van der Waals surface area contributed by atoms with Crippen LogP contribution in [0.15, 0.2) is 120 Å². The molecule has 0 bridgehead atoms. The maximum atomic E-state index is 12.1. The van der Waals surface area contributed by atoms with Crippen LogP contribution in [-0.4, -0.2) is 12.6 Å². The zero-order chi connectivity index (χ0) is 35.1. The number of esters is 1. The first-order chi connectivity index (χ1) is 23.3. The van der Waals surface area contributed by atoms with Crippen molar-refractivity contribution in [1.82, 2.24) is 0 Å². The van der Waals surface area contributed by atoms with Crippen LogP contribution in [0.3, 0.4) is 0 Å². The van der Waals surface area contributed by atoms with Gasteiger partial charge < -0.3 is 4.74 Å². The number of hydrogen-bond donors (Lipinski definition) is 0. The molecule has 0 heterocycles. The first-order valence-corrected chi connectivity index (χ1v) is 19.1. The summed E-state index contributed by atoms with van der Waals surface area (Å²) >= 11 is 0. The zero-order valence-corrected chi connectivity index (χ0v) is 31.8. The van der Waals surface area contributed by atoms with Crippen LogP contribution < -0.4 is 0 Å². The van der Waals surface area contributed by atoms with Crippen molar-refractivity contribution in [2.24, 2.45) is 5.41 Å². The molecule has 2 nitrogen and oxygen atoms in total. The second-order valence-corrected chi connectivity index (χ2v) is 13.9. The molecule has 0 atom stereocenters. The van der Waals surface area contributed by atoms with E-state index in [0.29, 0.717) is 13.0 Å². The molecule has 2 heteroatoms. The van der Waals surface area contributed by atoms with E-state index in [1.807, 2.05) is 13.0 Å². The molecule has 1 rings (SSSR count). The van der Waals surface area contributed by atoms with Gasteiger partial charge in [-0.15, -0.1) is 0 Å². The van der Waals surface area contributed by atoms with Gasteiger partial charge in [-0.1, -0.05) is 161 Å². The molecule has 48 heavy (non-hydrogen) atoms. The number of unbranched alkanes of at least 4 members (excludes halogenated alkanes) is 7. The van der Waals surface area contributed by atoms with E-state index in [2.05, 4.69) is 126 Å². The number of rotatable bonds is 25. The highest BCUT2D eigenvalue weighted by molar-refractivity contribution is 5.69. The van der Waals surface area contributed by atoms with Gasteiger partial charge in [0.2, 0.25) is 0 Å². The molecule has 0 unspecified atom stereocenters. The molecule has 0 aromatic heterocycles. The third-order valence-corrected chi connectivity index (χ3v) is 8.83. The van der Waals surface area contributed by atoms with Crippen molar-refractivity contribution in [1.29, 1.82) is 0 Å². The highest BCUT2D eigenvalue weighted by atomic mass is 16.5. The van der Waals surface area contributed by atoms with Crippen LogP contribution in [-0.2, 0) is 9.53 Å². The van der Waals surface area contributed by atoms with Gasteiger partial charge in [-0.2, -0.15) is 0 Å². The summed E-state index contributed by atoms with van der Waals surface area (Å²) in [5.41, 5.74) is 5.62. The molecule has 266 valence electrons. The smallest absolute Gasteiger partial charge is 0.306 e. The first-order valence-electron chi connectivity index (χ1n) is 19.1. The summed E-state index contributed by atoms with van der Waals surface area (Å²) in [7, 11) is 0. The number of carbonyl (C=O) groups excluding carboxylic acids is 1. The van der Waals surface area contributed by atoms with Crippen molar-refractivity contribution in [3.63, 3.8) is 0 Å². The van der Waals surface area contributed by atoms with Gasteiger partial charge in [0.25, 0.3) is 0 Å². The van der Waals surface area contributed by atoms with Crippen molar-refractivity contribution in [2.75, 3.05) is 6.61 Å². The van der Waals surface area contributed by atoms with Crippen LogP contribution in [0.4, 0.5) is 0 Å². The molecule has 0 saturated carbocycles. The van der Waals surface area contributed by atoms with E-state index >= 15 is 0 Å². The van der Waals surface area contributed by atoms with E-state index in [0.717, 1.165) is 50.5 Å². The van der Waals surface area contributed by atoms with Gasteiger partial charge in [0.15, 0.2) is 0 Å². The highest BCUT2D eigenvalue weighted by Crippen LogP contribution is 2.40. The summed E-state index contributed by atoms with van der Waals surface area (Å²) in [6.07, 6.45) is 54.3. The van der Waals surface area contributed by atoms with E-state index < -0.39 is 0 Å². The van der Waals surface area contributed by atoms with Crippen LogP contribution in [0.2, 0.25) is 0 Å². The van der Waals surface area contributed by atoms with Crippen LogP contribution in [0.25, 0.3) is 0 Å². The number of ether oxygens (including phenoxy) is 1. The summed E-state index contributed by atoms with van der Waals surface area (Å²) in [6, 6.07) is 0. The van der Waals surface area contributed by atoms with Crippen LogP contribution in [0.1, 0.15) is 151 Å². The Labute approximate surface area is 297 Å². The lowest BCUT2D eigenvalue weighted by Crippen LogP contribution is -2.19. The molecule has 0 aromatic rings. The van der Waals surface area contributed by atoms with Gasteiger partial charge in [-0.3, -0.25) is 4.79 Å². The predicted octanol–water partition coefficient (Wildman–Crippen LogP) is 14.3. The van der Waals surface area contributed by atoms with Gasteiger partial charge in [0.1, 0.15) is 6.61 Å². The van der Waals surface area contributed by atoms with E-state index in [9.17, 15) is 4.79 Å². The fourth-order valence-corrected chi connectivity index (χ4v) is 5.82. The predicted molar refractivity (Wildman–Crippen MR) is 213 cm³/mol. The second kappa shape index (κ2) is 28.8. The van der Waals surface area contributed by atoms with Gasteiger partial charge in [-0.05, 0) is 108 Å². The van der Waals surface area contributed by atoms with Gasteiger partial charge >= 0.3 is 5.97 Å². The van der Waals surface area contributed by atoms with Crippen LogP contribution in [0, 0.1) is 5.41 Å². The molecule has 0 aromatic carbocycles. The number of carbonyl (C=O) groups is 1. The van der Waals surface area contributed by atoms with Crippen molar-refractivity contribution >= 4 is 5.97 Å². The molecule has 1 aliphatic rings. The Morgan fingerprint density at radius 3 is 1.90 bits per heavy atom. The number of allylic oxidation sites excluding steroid dienone is 19. The molecule has 0 amide bonds. The summed E-state index contributed by atoms with van der Waals surface area (Å²) < 4.78 is 5.43. The quantitative estimate of drug-likeness (QED) is 0.0424. The van der Waals surface area contributed by atoms with E-state index in [4.69, 9.17) is 4.74 Å². The normalized spacial score (nSPS) is 16.5. The third-order valence-electron chi connectivity index (χ3n) is 8.83. The lowest BCUT2D eigenvalue weighted by atomic mass is 9.72. The van der Waals surface area contributed by atoms with Crippen LogP contribution >= 0.6 is 0 Å². The van der Waals surface area contributed by atoms with Crippen molar-refractivity contribution < 1.29 is 9.53 Å². The van der Waals surface area contributed by atoms with Crippen molar-refractivity contribution in [2.45, 2.75) is 151 Å². The summed E-state index contributed by atoms with van der Waals surface area (Å²) in [6.45, 7) is 13.7. The fraction of sp³-hybridized carbons (Fsp3) is 0.543. The standard InChI is InChI=1S/C46H70O2/c1-7-8-9-10-11-12-13-14-15-16-17-18-19-20-21-22-23-24-25-26-27-28-29-35-45(47)48-40-38-42(3)33-30-32-41(2)36-37-44-43(4)34-31-39-46(44,5)6/h8-9,11-12,14-15,17-18,20-21,30,32-33,36-38H,7,10,13,16,19,22-29,31,34-35,39-40H2,1-6H3/b9-8-,12-11-,15-14-,18-17-,21-20-,33-30+,37-36+,41-32+,42-38+. The van der Waals surface area contributed by atoms with Crippen molar-refractivity contribution in [3.8, 4) is 0 Å². The Morgan fingerprint density at radius 2 is 1.29 bits per heavy atom. The largest absolute Gasteiger partial charge is 0.461 e. The van der Waals surface area contributed by atoms with Gasteiger partial charge in [0.05, 0.1) is 0 Å². The minimum absolute atomic E-state index is 0.0868. The minimum Gasteiger partial charge on any atom is -0.461 e. The molecule has 0 N–H and O–H groups in total. The van der Waals surface area contributed by atoms with Gasteiger partial charge in [-0.25, -0.2) is 0 Å². The Hall–Kier alpha value is -3.13. The highest BCUT2D eigenvalue weighted by Gasteiger charge is 2.26. The summed E-state index contributed by atoms with van der Waals surface area (Å²) in [5.74, 6) is -0.0868. The van der Waals surface area contributed by atoms with E-state index in [1.165, 1.54) is 74.5 Å². The monoisotopic (exact) mass is 655 g/mol. The number of hydrogen-bond acceptors (Lipinski definition) is 2. The zero-order valence-electron chi connectivity index (χ0n) is 31.8. The molecule has 0 saturated heterocycles. The lowest BCUT2D eigenvalue weighted by Gasteiger charge is -2.32. The summed E-state index contributed by atoms with van der Waals surface area (Å²) in [5, 5.41) is 0. The topological polar surface area (TPSA) is 26.3 Å². The Kier molecular flexibility index (Phi) is 25.8. The van der Waals surface area contributed by atoms with E-state index in [-0.39, 0.29) is 11.4 Å². The fourth-order valence-electron chi connectivity index (χ4n) is 5.82. The average molecular weight is 655 g/mol. The average Bonchev–Trinajstić information content (AvgIpc) is 3.04. The molecule has 0 aliphatic heterocycles. The molecule has 1 aliphatic carbocycles. The Balaban J connectivity index is 2.02.